The van der Waals surface area contributed by atoms with Gasteiger partial charge in [-0.15, -0.1) is 0 Å². The zero-order chi connectivity index (χ0) is 13.8. The van der Waals surface area contributed by atoms with Crippen LogP contribution in [-0.4, -0.2) is 22.0 Å². The molecule has 2 aromatic rings. The molecular formula is C12H10FN3O3. The number of benzene rings is 1. The summed E-state index contributed by atoms with van der Waals surface area (Å²) in [5, 5.41) is 10.8. The Morgan fingerprint density at radius 3 is 2.74 bits per heavy atom. The Kier molecular flexibility index (Phi) is 3.65. The summed E-state index contributed by atoms with van der Waals surface area (Å²) < 4.78 is 17.8. The summed E-state index contributed by atoms with van der Waals surface area (Å²) in [5.74, 6) is -1.55. The lowest BCUT2D eigenvalue weighted by molar-refractivity contribution is 0.0511. The molecule has 2 rings (SSSR count). The number of hydrogen-bond acceptors (Lipinski definition) is 6. The molecule has 0 bridgehead atoms. The molecule has 0 aliphatic carbocycles. The topological polar surface area (TPSA) is 77.6 Å². The van der Waals surface area contributed by atoms with Gasteiger partial charge in [-0.2, -0.15) is 0 Å². The maximum absolute atomic E-state index is 13.3. The third kappa shape index (κ3) is 2.82. The summed E-state index contributed by atoms with van der Waals surface area (Å²) >= 11 is 0. The minimum absolute atomic E-state index is 0.186. The molecule has 0 fully saturated rings. The Balaban J connectivity index is 2.13. The van der Waals surface area contributed by atoms with Gasteiger partial charge in [-0.05, 0) is 31.1 Å². The molecule has 1 aromatic heterocycles. The number of carbonyl (C=O) groups excluding carboxylic acids is 1. The summed E-state index contributed by atoms with van der Waals surface area (Å²) in [6.45, 7) is 3.24. The summed E-state index contributed by atoms with van der Waals surface area (Å²) in [6, 6.07) is 5.48. The zero-order valence-electron chi connectivity index (χ0n) is 10.3. The highest BCUT2D eigenvalue weighted by Crippen LogP contribution is 2.09. The van der Waals surface area contributed by atoms with Crippen LogP contribution >= 0.6 is 0 Å². The second-order valence-electron chi connectivity index (χ2n) is 3.73. The van der Waals surface area contributed by atoms with Crippen molar-refractivity contribution in [3.05, 3.63) is 47.0 Å². The van der Waals surface area contributed by atoms with Gasteiger partial charge in [-0.3, -0.25) is 0 Å². The quantitative estimate of drug-likeness (QED) is 0.481. The van der Waals surface area contributed by atoms with Crippen LogP contribution in [0.2, 0.25) is 0 Å². The molecule has 7 heteroatoms. The Morgan fingerprint density at radius 2 is 2.11 bits per heavy atom. The van der Waals surface area contributed by atoms with E-state index in [1.54, 1.807) is 13.8 Å². The van der Waals surface area contributed by atoms with E-state index in [0.717, 1.165) is 0 Å². The van der Waals surface area contributed by atoms with Crippen LogP contribution in [0.4, 0.5) is 4.39 Å². The molecule has 0 N–H and O–H groups in total. The van der Waals surface area contributed by atoms with E-state index in [-0.39, 0.29) is 5.56 Å². The van der Waals surface area contributed by atoms with Crippen molar-refractivity contribution in [2.45, 2.75) is 13.8 Å². The number of aryl methyl sites for hydroxylation is 1. The summed E-state index contributed by atoms with van der Waals surface area (Å²) in [5.41, 5.74) is 1.02. The molecule has 1 aromatic carbocycles. The molecule has 0 radical (unpaired) electrons. The van der Waals surface area contributed by atoms with Gasteiger partial charge in [-0.25, -0.2) is 13.8 Å². The van der Waals surface area contributed by atoms with E-state index in [1.165, 1.54) is 24.3 Å². The van der Waals surface area contributed by atoms with E-state index < -0.39 is 11.8 Å². The van der Waals surface area contributed by atoms with Crippen molar-refractivity contribution < 1.29 is 18.7 Å². The average molecular weight is 263 g/mol. The molecule has 0 saturated heterocycles. The van der Waals surface area contributed by atoms with Crippen molar-refractivity contribution in [3.63, 3.8) is 0 Å². The van der Waals surface area contributed by atoms with Crippen molar-refractivity contribution in [3.8, 4) is 0 Å². The van der Waals surface area contributed by atoms with Crippen LogP contribution in [0.5, 0.6) is 0 Å². The Hall–Kier alpha value is -2.57. The van der Waals surface area contributed by atoms with Gasteiger partial charge < -0.3 is 4.84 Å². The largest absolute Gasteiger partial charge is 0.368 e. The van der Waals surface area contributed by atoms with Crippen LogP contribution in [0.3, 0.4) is 0 Å². The molecular weight excluding hydrogens is 253 g/mol. The smallest absolute Gasteiger partial charge is 0.312 e. The van der Waals surface area contributed by atoms with E-state index in [1.807, 2.05) is 0 Å². The van der Waals surface area contributed by atoms with Gasteiger partial charge in [0, 0.05) is 0 Å². The lowest BCUT2D eigenvalue weighted by atomic mass is 10.2. The van der Waals surface area contributed by atoms with Crippen molar-refractivity contribution in [1.29, 1.82) is 0 Å². The normalized spacial score (nSPS) is 11.4. The van der Waals surface area contributed by atoms with Crippen molar-refractivity contribution in [2.75, 3.05) is 0 Å². The number of hydrogen-bond donors (Lipinski definition) is 0. The first-order valence-corrected chi connectivity index (χ1v) is 5.39. The van der Waals surface area contributed by atoms with E-state index in [9.17, 15) is 9.18 Å². The maximum Gasteiger partial charge on any atom is 0.368 e. The zero-order valence-corrected chi connectivity index (χ0v) is 10.3. The van der Waals surface area contributed by atoms with Gasteiger partial charge in [0.25, 0.3) is 0 Å². The van der Waals surface area contributed by atoms with Gasteiger partial charge in [0.1, 0.15) is 17.2 Å². The summed E-state index contributed by atoms with van der Waals surface area (Å²) in [4.78, 5) is 16.2. The van der Waals surface area contributed by atoms with E-state index in [0.29, 0.717) is 17.1 Å². The second kappa shape index (κ2) is 5.38. The number of aromatic nitrogens is 2. The maximum atomic E-state index is 13.3. The Bertz CT molecular complexity index is 637. The summed E-state index contributed by atoms with van der Waals surface area (Å²) in [6.07, 6.45) is 0. The molecule has 0 saturated carbocycles. The molecule has 0 aliphatic rings. The molecule has 98 valence electrons. The van der Waals surface area contributed by atoms with Crippen LogP contribution in [0, 0.1) is 12.7 Å². The summed E-state index contributed by atoms with van der Waals surface area (Å²) in [7, 11) is 0. The van der Waals surface area contributed by atoms with Gasteiger partial charge in [0.05, 0.1) is 5.56 Å². The third-order valence-corrected chi connectivity index (χ3v) is 2.35. The number of oxime groups is 1. The standard InChI is InChI=1S/C12H10FN3O3/c1-7(11-8(2)15-19-16-11)14-18-12(17)9-5-3-4-6-10(9)13/h3-6H,1-2H3/b14-7+. The molecule has 0 atom stereocenters. The van der Waals surface area contributed by atoms with Gasteiger partial charge in [0.15, 0.2) is 5.69 Å². The molecule has 6 nitrogen and oxygen atoms in total. The number of carbonyl (C=O) groups is 1. The second-order valence-corrected chi connectivity index (χ2v) is 3.73. The monoisotopic (exact) mass is 263 g/mol. The van der Waals surface area contributed by atoms with Crippen LogP contribution in [0.1, 0.15) is 28.7 Å². The van der Waals surface area contributed by atoms with E-state index in [4.69, 9.17) is 0 Å². The highest BCUT2D eigenvalue weighted by Gasteiger charge is 2.14. The van der Waals surface area contributed by atoms with Gasteiger partial charge >= 0.3 is 5.97 Å². The predicted octanol–water partition coefficient (Wildman–Crippen LogP) is 2.10. The Labute approximate surface area is 107 Å². The SMILES string of the molecule is C/C(=N\OC(=O)c1ccccc1F)c1nonc1C. The minimum atomic E-state index is -0.883. The molecule has 1 heterocycles. The Morgan fingerprint density at radius 1 is 1.37 bits per heavy atom. The highest BCUT2D eigenvalue weighted by atomic mass is 19.1. The number of nitrogens with zero attached hydrogens (tertiary/aromatic N) is 3. The molecule has 0 aliphatic heterocycles. The predicted molar refractivity (Wildman–Crippen MR) is 63.1 cm³/mol. The van der Waals surface area contributed by atoms with Crippen molar-refractivity contribution in [1.82, 2.24) is 10.3 Å². The fraction of sp³-hybridized carbons (Fsp3) is 0.167. The van der Waals surface area contributed by atoms with Crippen LogP contribution in [0.15, 0.2) is 34.1 Å². The van der Waals surface area contributed by atoms with E-state index >= 15 is 0 Å². The third-order valence-electron chi connectivity index (χ3n) is 2.35. The first-order valence-electron chi connectivity index (χ1n) is 5.39. The fourth-order valence-corrected chi connectivity index (χ4v) is 1.39. The minimum Gasteiger partial charge on any atom is -0.312 e. The first kappa shape index (κ1) is 12.9. The first-order chi connectivity index (χ1) is 9.09. The number of rotatable bonds is 3. The molecule has 0 spiro atoms. The van der Waals surface area contributed by atoms with Crippen LogP contribution in [-0.2, 0) is 4.84 Å². The van der Waals surface area contributed by atoms with Crippen LogP contribution < -0.4 is 0 Å². The lowest BCUT2D eigenvalue weighted by Crippen LogP contribution is -2.06. The van der Waals surface area contributed by atoms with Crippen molar-refractivity contribution >= 4 is 11.7 Å². The molecule has 19 heavy (non-hydrogen) atoms. The van der Waals surface area contributed by atoms with Crippen molar-refractivity contribution in [2.24, 2.45) is 5.16 Å². The number of halogens is 1. The van der Waals surface area contributed by atoms with Gasteiger partial charge in [-0.1, -0.05) is 22.4 Å². The van der Waals surface area contributed by atoms with E-state index in [2.05, 4.69) is 24.9 Å². The average Bonchev–Trinajstić information content (AvgIpc) is 2.82. The van der Waals surface area contributed by atoms with Crippen LogP contribution in [0.25, 0.3) is 0 Å². The lowest BCUT2D eigenvalue weighted by Gasteiger charge is -2.00. The molecule has 0 amide bonds. The molecule has 0 unspecified atom stereocenters. The highest BCUT2D eigenvalue weighted by molar-refractivity contribution is 5.98. The van der Waals surface area contributed by atoms with Gasteiger partial charge in [0.2, 0.25) is 0 Å². The fourth-order valence-electron chi connectivity index (χ4n) is 1.39.